The van der Waals surface area contributed by atoms with Gasteiger partial charge in [0.2, 0.25) is 5.91 Å². The van der Waals surface area contributed by atoms with Crippen LogP contribution in [0.15, 0.2) is 18.5 Å². The van der Waals surface area contributed by atoms with Crippen LogP contribution in [0.2, 0.25) is 0 Å². The topological polar surface area (TPSA) is 72.9 Å². The van der Waals surface area contributed by atoms with Crippen molar-refractivity contribution in [2.45, 2.75) is 33.4 Å². The molecule has 90 valence electrons. The van der Waals surface area contributed by atoms with Gasteiger partial charge in [-0.15, -0.1) is 0 Å². The molecule has 1 aromatic rings. The highest BCUT2D eigenvalue weighted by Crippen LogP contribution is 2.18. The minimum Gasteiger partial charge on any atom is -0.350 e. The van der Waals surface area contributed by atoms with E-state index in [1.54, 1.807) is 23.1 Å². The van der Waals surface area contributed by atoms with E-state index in [1.165, 1.54) is 0 Å². The number of nitrogens with one attached hydrogen (secondary N) is 1. The molecule has 1 rings (SSSR count). The number of aromatic nitrogens is 2. The summed E-state index contributed by atoms with van der Waals surface area (Å²) in [5.41, 5.74) is 5.61. The van der Waals surface area contributed by atoms with E-state index >= 15 is 0 Å². The number of carbonyl (C=O) groups is 1. The van der Waals surface area contributed by atoms with Crippen LogP contribution in [0.5, 0.6) is 0 Å². The van der Waals surface area contributed by atoms with Crippen molar-refractivity contribution >= 4 is 5.91 Å². The van der Waals surface area contributed by atoms with Crippen molar-refractivity contribution in [3.63, 3.8) is 0 Å². The van der Waals surface area contributed by atoms with E-state index in [2.05, 4.69) is 31.2 Å². The van der Waals surface area contributed by atoms with Crippen LogP contribution in [-0.2, 0) is 11.3 Å². The third-order valence-corrected chi connectivity index (χ3v) is 2.48. The highest BCUT2D eigenvalue weighted by Gasteiger charge is 2.24. The molecule has 5 heteroatoms. The van der Waals surface area contributed by atoms with E-state index in [4.69, 9.17) is 5.73 Å². The van der Waals surface area contributed by atoms with Crippen LogP contribution in [0.3, 0.4) is 0 Å². The Labute approximate surface area is 96.0 Å². The fraction of sp³-hybridized carbons (Fsp3) is 0.636. The molecule has 3 N–H and O–H groups in total. The number of carbonyl (C=O) groups excluding carboxylic acids is 1. The predicted octanol–water partition coefficient (Wildman–Crippen LogP) is 0.373. The number of nitrogens with two attached hydrogens (primary N) is 1. The summed E-state index contributed by atoms with van der Waals surface area (Å²) in [6.45, 7) is 6.84. The second-order valence-electron chi connectivity index (χ2n) is 4.93. The Morgan fingerprint density at radius 1 is 1.56 bits per heavy atom. The van der Waals surface area contributed by atoms with Crippen LogP contribution < -0.4 is 11.1 Å². The Balaban J connectivity index is 2.50. The standard InChI is InChI=1S/C11H20N4O/c1-11(2,3)9(7-12)14-10(16)8-15-6-4-5-13-15/h4-6,9H,7-8,12H2,1-3H3,(H,14,16). The Morgan fingerprint density at radius 2 is 2.25 bits per heavy atom. The summed E-state index contributed by atoms with van der Waals surface area (Å²) in [5, 5.41) is 6.90. The van der Waals surface area contributed by atoms with E-state index < -0.39 is 0 Å². The van der Waals surface area contributed by atoms with Crippen molar-refractivity contribution in [3.8, 4) is 0 Å². The quantitative estimate of drug-likeness (QED) is 0.776. The molecule has 0 fully saturated rings. The van der Waals surface area contributed by atoms with Crippen LogP contribution in [0.1, 0.15) is 20.8 Å². The van der Waals surface area contributed by atoms with Gasteiger partial charge in [0.05, 0.1) is 0 Å². The molecule has 0 radical (unpaired) electrons. The van der Waals surface area contributed by atoms with E-state index in [0.717, 1.165) is 0 Å². The predicted molar refractivity (Wildman–Crippen MR) is 62.7 cm³/mol. The lowest BCUT2D eigenvalue weighted by Gasteiger charge is -2.30. The minimum absolute atomic E-state index is 0.0180. The lowest BCUT2D eigenvalue weighted by molar-refractivity contribution is -0.123. The molecule has 1 amide bonds. The second kappa shape index (κ2) is 5.12. The Bertz CT molecular complexity index is 326. The summed E-state index contributed by atoms with van der Waals surface area (Å²) in [7, 11) is 0. The van der Waals surface area contributed by atoms with Gasteiger partial charge in [-0.1, -0.05) is 20.8 Å². The van der Waals surface area contributed by atoms with E-state index in [9.17, 15) is 4.79 Å². The maximum Gasteiger partial charge on any atom is 0.242 e. The van der Waals surface area contributed by atoms with Crippen molar-refractivity contribution in [3.05, 3.63) is 18.5 Å². The zero-order chi connectivity index (χ0) is 12.2. The van der Waals surface area contributed by atoms with E-state index in [1.807, 2.05) is 0 Å². The van der Waals surface area contributed by atoms with Gasteiger partial charge in [-0.2, -0.15) is 5.10 Å². The molecule has 1 unspecified atom stereocenters. The highest BCUT2D eigenvalue weighted by molar-refractivity contribution is 5.76. The molecule has 0 aliphatic heterocycles. The molecule has 5 nitrogen and oxygen atoms in total. The van der Waals surface area contributed by atoms with E-state index in [0.29, 0.717) is 6.54 Å². The zero-order valence-corrected chi connectivity index (χ0v) is 10.1. The van der Waals surface area contributed by atoms with E-state index in [-0.39, 0.29) is 23.9 Å². The molecule has 0 saturated carbocycles. The summed E-state index contributed by atoms with van der Waals surface area (Å²) < 4.78 is 1.59. The van der Waals surface area contributed by atoms with Crippen molar-refractivity contribution in [1.29, 1.82) is 0 Å². The van der Waals surface area contributed by atoms with Gasteiger partial charge in [0.15, 0.2) is 0 Å². The van der Waals surface area contributed by atoms with Crippen molar-refractivity contribution < 1.29 is 4.79 Å². The zero-order valence-electron chi connectivity index (χ0n) is 10.1. The molecule has 1 atom stereocenters. The number of nitrogens with zero attached hydrogens (tertiary/aromatic N) is 2. The SMILES string of the molecule is CC(C)(C)C(CN)NC(=O)Cn1cccn1. The van der Waals surface area contributed by atoms with Gasteiger partial charge < -0.3 is 11.1 Å². The van der Waals surface area contributed by atoms with Crippen LogP contribution in [0.25, 0.3) is 0 Å². The fourth-order valence-electron chi connectivity index (χ4n) is 1.41. The average molecular weight is 224 g/mol. The molecule has 0 aliphatic carbocycles. The van der Waals surface area contributed by atoms with Crippen LogP contribution >= 0.6 is 0 Å². The maximum absolute atomic E-state index is 11.7. The first-order valence-corrected chi connectivity index (χ1v) is 5.40. The maximum atomic E-state index is 11.7. The molecular weight excluding hydrogens is 204 g/mol. The smallest absolute Gasteiger partial charge is 0.242 e. The minimum atomic E-state index is -0.0610. The van der Waals surface area contributed by atoms with Crippen LogP contribution in [0.4, 0.5) is 0 Å². The average Bonchev–Trinajstić information content (AvgIpc) is 2.64. The van der Waals surface area contributed by atoms with Gasteiger partial charge in [0, 0.05) is 25.0 Å². The Kier molecular flexibility index (Phi) is 4.06. The van der Waals surface area contributed by atoms with Crippen LogP contribution in [-0.4, -0.2) is 28.3 Å². The second-order valence-corrected chi connectivity index (χ2v) is 4.93. The molecule has 0 spiro atoms. The number of amides is 1. The number of rotatable bonds is 4. The number of hydrogen-bond acceptors (Lipinski definition) is 3. The Hall–Kier alpha value is -1.36. The van der Waals surface area contributed by atoms with Gasteiger partial charge in [-0.05, 0) is 11.5 Å². The molecule has 0 bridgehead atoms. The fourth-order valence-corrected chi connectivity index (χ4v) is 1.41. The van der Waals surface area contributed by atoms with Crippen molar-refractivity contribution in [2.75, 3.05) is 6.54 Å². The van der Waals surface area contributed by atoms with Gasteiger partial charge in [-0.25, -0.2) is 0 Å². The normalized spacial score (nSPS) is 13.5. The molecule has 1 aromatic heterocycles. The molecule has 0 aromatic carbocycles. The molecule has 1 heterocycles. The van der Waals surface area contributed by atoms with Gasteiger partial charge >= 0.3 is 0 Å². The third-order valence-electron chi connectivity index (χ3n) is 2.48. The summed E-state index contributed by atoms with van der Waals surface area (Å²) in [6.07, 6.45) is 3.41. The highest BCUT2D eigenvalue weighted by atomic mass is 16.2. The molecule has 16 heavy (non-hydrogen) atoms. The first-order valence-electron chi connectivity index (χ1n) is 5.40. The first kappa shape index (κ1) is 12.7. The van der Waals surface area contributed by atoms with Crippen LogP contribution in [0, 0.1) is 5.41 Å². The van der Waals surface area contributed by atoms with Gasteiger partial charge in [0.1, 0.15) is 6.54 Å². The lowest BCUT2D eigenvalue weighted by atomic mass is 9.87. The summed E-state index contributed by atoms with van der Waals surface area (Å²) in [4.78, 5) is 11.7. The molecular formula is C11H20N4O. The lowest BCUT2D eigenvalue weighted by Crippen LogP contribution is -2.49. The third kappa shape index (κ3) is 3.66. The van der Waals surface area contributed by atoms with Gasteiger partial charge in [0.25, 0.3) is 0 Å². The molecule has 0 saturated heterocycles. The summed E-state index contributed by atoms with van der Waals surface area (Å²) >= 11 is 0. The number of hydrogen-bond donors (Lipinski definition) is 2. The van der Waals surface area contributed by atoms with Crippen molar-refractivity contribution in [1.82, 2.24) is 15.1 Å². The van der Waals surface area contributed by atoms with Gasteiger partial charge in [-0.3, -0.25) is 9.48 Å². The monoisotopic (exact) mass is 224 g/mol. The summed E-state index contributed by atoms with van der Waals surface area (Å²) in [5.74, 6) is -0.0610. The Morgan fingerprint density at radius 3 is 2.69 bits per heavy atom. The largest absolute Gasteiger partial charge is 0.350 e. The first-order chi connectivity index (χ1) is 7.43. The van der Waals surface area contributed by atoms with Crippen molar-refractivity contribution in [2.24, 2.45) is 11.1 Å². The molecule has 0 aliphatic rings. The summed E-state index contributed by atoms with van der Waals surface area (Å²) in [6, 6.07) is 1.77.